The van der Waals surface area contributed by atoms with Crippen LogP contribution in [0.5, 0.6) is 0 Å². The molecule has 0 radical (unpaired) electrons. The first-order valence-corrected chi connectivity index (χ1v) is 18.0. The van der Waals surface area contributed by atoms with Crippen LogP contribution in [0, 0.1) is 11.8 Å². The lowest BCUT2D eigenvalue weighted by Gasteiger charge is -2.35. The molecule has 3 amide bonds. The highest BCUT2D eigenvalue weighted by molar-refractivity contribution is 7.89. The Labute approximate surface area is 288 Å². The van der Waals surface area contributed by atoms with Gasteiger partial charge in [0.15, 0.2) is 0 Å². The smallest absolute Gasteiger partial charge is 0.321 e. The summed E-state index contributed by atoms with van der Waals surface area (Å²) in [5, 5.41) is 34.3. The van der Waals surface area contributed by atoms with Crippen LogP contribution in [0.2, 0.25) is 0 Å². The minimum Gasteiger partial charge on any atom is -0.411 e. The number of amides is 3. The summed E-state index contributed by atoms with van der Waals surface area (Å²) >= 11 is 0. The number of nitrogens with zero attached hydrogens (tertiary/aromatic N) is 6. The van der Waals surface area contributed by atoms with Crippen molar-refractivity contribution in [3.8, 4) is 0 Å². The Morgan fingerprint density at radius 2 is 1.73 bits per heavy atom. The van der Waals surface area contributed by atoms with Gasteiger partial charge < -0.3 is 25.4 Å². The average Bonchev–Trinajstić information content (AvgIpc) is 3.43. The predicted octanol–water partition coefficient (Wildman–Crippen LogP) is 3.37. The van der Waals surface area contributed by atoms with Gasteiger partial charge in [0.2, 0.25) is 15.9 Å². The molecule has 0 unspecified atom stereocenters. The molecule has 264 valence electrons. The van der Waals surface area contributed by atoms with Crippen LogP contribution < -0.4 is 5.32 Å². The van der Waals surface area contributed by atoms with Crippen molar-refractivity contribution in [2.45, 2.75) is 70.2 Å². The maximum Gasteiger partial charge on any atom is 0.321 e. The van der Waals surface area contributed by atoms with E-state index >= 15 is 0 Å². The van der Waals surface area contributed by atoms with E-state index in [4.69, 9.17) is 5.21 Å². The number of aromatic nitrogens is 2. The second-order valence-corrected chi connectivity index (χ2v) is 14.8. The number of urea groups is 1. The minimum absolute atomic E-state index is 0.0237. The topological polar surface area (TPSA) is 169 Å². The molecule has 1 fully saturated rings. The highest BCUT2D eigenvalue weighted by Gasteiger charge is 2.41. The van der Waals surface area contributed by atoms with Crippen LogP contribution in [-0.4, -0.2) is 106 Å². The number of aliphatic hydroxyl groups is 1. The monoisotopic (exact) mass is 693 g/mol. The lowest BCUT2D eigenvalue weighted by atomic mass is 9.95. The molecule has 2 heterocycles. The van der Waals surface area contributed by atoms with Gasteiger partial charge in [0.1, 0.15) is 6.04 Å². The van der Waals surface area contributed by atoms with Crippen molar-refractivity contribution in [2.24, 2.45) is 17.0 Å². The molecule has 3 aromatic rings. The van der Waals surface area contributed by atoms with Crippen molar-refractivity contribution >= 4 is 28.2 Å². The van der Waals surface area contributed by atoms with Crippen LogP contribution in [0.1, 0.15) is 50.8 Å². The van der Waals surface area contributed by atoms with Crippen LogP contribution in [0.25, 0.3) is 0 Å². The molecule has 2 aromatic carbocycles. The van der Waals surface area contributed by atoms with E-state index in [0.29, 0.717) is 31.6 Å². The van der Waals surface area contributed by atoms with Gasteiger partial charge in [-0.1, -0.05) is 81.7 Å². The molecule has 4 rings (SSSR count). The van der Waals surface area contributed by atoms with Crippen LogP contribution in [0.3, 0.4) is 0 Å². The third kappa shape index (κ3) is 9.83. The predicted molar refractivity (Wildman–Crippen MR) is 185 cm³/mol. The zero-order valence-corrected chi connectivity index (χ0v) is 29.3. The fourth-order valence-corrected chi connectivity index (χ4v) is 7.57. The summed E-state index contributed by atoms with van der Waals surface area (Å²) in [4.78, 5) is 31.1. The van der Waals surface area contributed by atoms with Gasteiger partial charge in [-0.05, 0) is 53.1 Å². The number of carbonyl (C=O) groups is 2. The highest BCUT2D eigenvalue weighted by Crippen LogP contribution is 2.24. The molecule has 0 aliphatic carbocycles. The Bertz CT molecular complexity index is 1640. The number of hydrogen-bond donors (Lipinski definition) is 3. The lowest BCUT2D eigenvalue weighted by Crippen LogP contribution is -2.57. The standard InChI is InChI=1S/C35H47N7O6S/c1-5-26(4)33(42-18-17-40(35(42)45)23-29-15-16-36-37-20-29)34(44)39-31(19-27-9-7-6-8-10-27)32(43)24-41(22-25(2)3)49(47,48)30-13-11-28(12-14-30)21-38-46/h6-16,20-21,25-26,31-33,43,46H,5,17-19,22-24H2,1-4H3,(H,39,44)/t26-,31-,32-,33-/m0/s1. The average molecular weight is 694 g/mol. The van der Waals surface area contributed by atoms with Crippen LogP contribution >= 0.6 is 0 Å². The molecule has 49 heavy (non-hydrogen) atoms. The van der Waals surface area contributed by atoms with Gasteiger partial charge in [0.05, 0.1) is 29.5 Å². The Morgan fingerprint density at radius 3 is 2.35 bits per heavy atom. The number of carbonyl (C=O) groups excluding carboxylic acids is 2. The molecule has 14 heteroatoms. The second-order valence-electron chi connectivity index (χ2n) is 12.9. The summed E-state index contributed by atoms with van der Waals surface area (Å²) in [5.74, 6) is -0.668. The Kier molecular flexibility index (Phi) is 13.2. The first kappa shape index (κ1) is 37.4. The number of hydrogen-bond acceptors (Lipinski definition) is 9. The maximum absolute atomic E-state index is 14.2. The Morgan fingerprint density at radius 1 is 1.02 bits per heavy atom. The molecule has 1 aliphatic rings. The number of rotatable bonds is 17. The summed E-state index contributed by atoms with van der Waals surface area (Å²) in [5.41, 5.74) is 2.20. The van der Waals surface area contributed by atoms with Gasteiger partial charge >= 0.3 is 6.03 Å². The molecule has 1 aromatic heterocycles. The van der Waals surface area contributed by atoms with Gasteiger partial charge in [-0.2, -0.15) is 14.5 Å². The van der Waals surface area contributed by atoms with Gasteiger partial charge in [-0.3, -0.25) is 4.79 Å². The van der Waals surface area contributed by atoms with Gasteiger partial charge in [-0.15, -0.1) is 0 Å². The molecule has 1 saturated heterocycles. The van der Waals surface area contributed by atoms with Gasteiger partial charge in [0.25, 0.3) is 0 Å². The first-order chi connectivity index (χ1) is 23.4. The molecule has 0 saturated carbocycles. The maximum atomic E-state index is 14.2. The lowest BCUT2D eigenvalue weighted by molar-refractivity contribution is -0.128. The van der Waals surface area contributed by atoms with Crippen LogP contribution in [0.15, 0.2) is 83.1 Å². The normalized spacial score (nSPS) is 16.3. The number of oxime groups is 1. The molecular weight excluding hydrogens is 646 g/mol. The Balaban J connectivity index is 1.59. The van der Waals surface area contributed by atoms with E-state index in [-0.39, 0.29) is 42.3 Å². The van der Waals surface area contributed by atoms with E-state index < -0.39 is 34.1 Å². The number of aliphatic hydroxyl groups excluding tert-OH is 1. The largest absolute Gasteiger partial charge is 0.411 e. The first-order valence-electron chi connectivity index (χ1n) is 16.6. The SMILES string of the molecule is CC[C@H](C)[C@@H](C(=O)N[C@@H](Cc1ccccc1)[C@@H](O)CN(CC(C)C)S(=O)(=O)c1ccc(C=NO)cc1)N1CCN(Cc2ccnnc2)C1=O. The van der Waals surface area contributed by atoms with E-state index in [1.54, 1.807) is 28.3 Å². The van der Waals surface area contributed by atoms with Crippen molar-refractivity contribution < 1.29 is 28.3 Å². The second kappa shape index (κ2) is 17.3. The summed E-state index contributed by atoms with van der Waals surface area (Å²) in [6, 6.07) is 15.1. The summed E-state index contributed by atoms with van der Waals surface area (Å²) in [6.07, 6.45) is 3.95. The molecule has 0 bridgehead atoms. The molecule has 3 N–H and O–H groups in total. The third-order valence-electron chi connectivity index (χ3n) is 8.71. The van der Waals surface area contributed by atoms with Crippen LogP contribution in [0.4, 0.5) is 4.79 Å². The van der Waals surface area contributed by atoms with Crippen molar-refractivity contribution in [2.75, 3.05) is 26.2 Å². The third-order valence-corrected chi connectivity index (χ3v) is 10.6. The summed E-state index contributed by atoms with van der Waals surface area (Å²) in [6.45, 7) is 8.64. The molecule has 4 atom stereocenters. The zero-order chi connectivity index (χ0) is 35.6. The van der Waals surface area contributed by atoms with Gasteiger partial charge in [0, 0.05) is 38.9 Å². The van der Waals surface area contributed by atoms with E-state index in [0.717, 1.165) is 11.1 Å². The van der Waals surface area contributed by atoms with Crippen molar-refractivity contribution in [1.82, 2.24) is 29.6 Å². The molecule has 13 nitrogen and oxygen atoms in total. The summed E-state index contributed by atoms with van der Waals surface area (Å²) < 4.78 is 29.0. The molecule has 1 aliphatic heterocycles. The van der Waals surface area contributed by atoms with E-state index in [1.165, 1.54) is 34.8 Å². The van der Waals surface area contributed by atoms with E-state index in [1.807, 2.05) is 58.0 Å². The van der Waals surface area contributed by atoms with E-state index in [9.17, 15) is 23.1 Å². The fourth-order valence-electron chi connectivity index (χ4n) is 5.94. The highest BCUT2D eigenvalue weighted by atomic mass is 32.2. The van der Waals surface area contributed by atoms with Crippen LogP contribution in [-0.2, 0) is 27.8 Å². The summed E-state index contributed by atoms with van der Waals surface area (Å²) in [7, 11) is -4.06. The number of nitrogens with one attached hydrogen (secondary N) is 1. The Hall–Kier alpha value is -4.40. The van der Waals surface area contributed by atoms with Crippen molar-refractivity contribution in [3.05, 3.63) is 89.7 Å². The number of sulfonamides is 1. The fraction of sp³-hybridized carbons (Fsp3) is 0.457. The quantitative estimate of drug-likeness (QED) is 0.110. The van der Waals surface area contributed by atoms with Gasteiger partial charge in [-0.25, -0.2) is 13.2 Å². The molecular formula is C35H47N7O6S. The number of benzene rings is 2. The van der Waals surface area contributed by atoms with E-state index in [2.05, 4.69) is 20.7 Å². The van der Waals surface area contributed by atoms with Crippen molar-refractivity contribution in [3.63, 3.8) is 0 Å². The molecule has 0 spiro atoms. The zero-order valence-electron chi connectivity index (χ0n) is 28.5. The van der Waals surface area contributed by atoms with Crippen molar-refractivity contribution in [1.29, 1.82) is 0 Å². The minimum atomic E-state index is -4.06.